The molecular weight excluding hydrogens is 364 g/mol. The Labute approximate surface area is 191 Å². The minimum Gasteiger partial charge on any atom is -0.299 e. The lowest BCUT2D eigenvalue weighted by atomic mass is 10.0. The highest BCUT2D eigenvalue weighted by Crippen LogP contribution is 2.15. The zero-order chi connectivity index (χ0) is 22.1. The molecule has 1 heteroatoms. The van der Waals surface area contributed by atoms with E-state index in [0.29, 0.717) is 5.78 Å². The molecule has 0 unspecified atom stereocenters. The molecule has 0 amide bonds. The number of unbranched alkanes of at least 4 members (excludes halogenated alkanes) is 22. The summed E-state index contributed by atoms with van der Waals surface area (Å²) in [4.78, 5) is 11.6. The first-order valence-corrected chi connectivity index (χ1v) is 14.2. The fraction of sp³-hybridized carbons (Fsp3) is 0.966. The van der Waals surface area contributed by atoms with Crippen LogP contribution in [0.5, 0.6) is 0 Å². The van der Waals surface area contributed by atoms with Crippen LogP contribution in [0.15, 0.2) is 0 Å². The van der Waals surface area contributed by atoms with Gasteiger partial charge in [0.25, 0.3) is 0 Å². The largest absolute Gasteiger partial charge is 0.299 e. The third-order valence-corrected chi connectivity index (χ3v) is 6.67. The van der Waals surface area contributed by atoms with E-state index in [-0.39, 0.29) is 5.92 Å². The van der Waals surface area contributed by atoms with Gasteiger partial charge in [-0.25, -0.2) is 0 Å². The predicted octanol–water partition coefficient (Wildman–Crippen LogP) is 10.6. The normalized spacial score (nSPS) is 11.5. The van der Waals surface area contributed by atoms with Gasteiger partial charge < -0.3 is 0 Å². The van der Waals surface area contributed by atoms with Gasteiger partial charge in [0.15, 0.2) is 0 Å². The van der Waals surface area contributed by atoms with E-state index in [4.69, 9.17) is 0 Å². The molecule has 180 valence electrons. The molecule has 0 saturated carbocycles. The smallest absolute Gasteiger partial charge is 0.135 e. The second-order valence-corrected chi connectivity index (χ2v) is 10.1. The Bertz CT molecular complexity index is 333. The van der Waals surface area contributed by atoms with Crippen LogP contribution >= 0.6 is 0 Å². The van der Waals surface area contributed by atoms with E-state index in [2.05, 4.69) is 6.92 Å². The minimum absolute atomic E-state index is 0.227. The first-order chi connectivity index (χ1) is 14.7. The Balaban J connectivity index is 3.04. The van der Waals surface area contributed by atoms with Crippen molar-refractivity contribution < 1.29 is 4.79 Å². The summed E-state index contributed by atoms with van der Waals surface area (Å²) in [5.41, 5.74) is 0. The quantitative estimate of drug-likeness (QED) is 0.134. The van der Waals surface area contributed by atoms with Crippen LogP contribution in [0.4, 0.5) is 0 Å². The van der Waals surface area contributed by atoms with Crippen molar-refractivity contribution in [1.82, 2.24) is 0 Å². The number of hydrogen-bond donors (Lipinski definition) is 0. The Morgan fingerprint density at radius 3 is 0.900 bits per heavy atom. The fourth-order valence-corrected chi connectivity index (χ4v) is 4.37. The molecule has 0 saturated heterocycles. The highest BCUT2D eigenvalue weighted by Gasteiger charge is 2.05. The molecule has 0 rings (SSSR count). The molecule has 0 aromatic heterocycles. The van der Waals surface area contributed by atoms with E-state index < -0.39 is 0 Å². The first-order valence-electron chi connectivity index (χ1n) is 14.2. The van der Waals surface area contributed by atoms with Crippen molar-refractivity contribution in [3.63, 3.8) is 0 Å². The van der Waals surface area contributed by atoms with Crippen LogP contribution in [0.25, 0.3) is 0 Å². The van der Waals surface area contributed by atoms with Crippen LogP contribution in [0.2, 0.25) is 0 Å². The molecule has 0 N–H and O–H groups in total. The summed E-state index contributed by atoms with van der Waals surface area (Å²) in [6, 6.07) is 0. The van der Waals surface area contributed by atoms with Crippen molar-refractivity contribution in [3.05, 3.63) is 0 Å². The average Bonchev–Trinajstić information content (AvgIpc) is 2.74. The second-order valence-electron chi connectivity index (χ2n) is 10.1. The van der Waals surface area contributed by atoms with E-state index in [1.54, 1.807) is 0 Å². The van der Waals surface area contributed by atoms with Gasteiger partial charge in [-0.3, -0.25) is 4.79 Å². The molecule has 0 spiro atoms. The van der Waals surface area contributed by atoms with Crippen molar-refractivity contribution in [3.8, 4) is 0 Å². The summed E-state index contributed by atoms with van der Waals surface area (Å²) in [6.45, 7) is 6.33. The Morgan fingerprint density at radius 1 is 0.433 bits per heavy atom. The van der Waals surface area contributed by atoms with Gasteiger partial charge in [-0.05, 0) is 6.42 Å². The molecule has 0 aliphatic rings. The Hall–Kier alpha value is -0.330. The number of carbonyl (C=O) groups is 1. The summed E-state index contributed by atoms with van der Waals surface area (Å²) >= 11 is 0. The SMILES string of the molecule is CCCCCCCCCCCCCCCCCCCCCCCCCC(=O)C(C)C. The molecule has 0 aromatic rings. The second kappa shape index (κ2) is 24.9. The van der Waals surface area contributed by atoms with E-state index >= 15 is 0 Å². The molecule has 0 fully saturated rings. The molecule has 0 aromatic carbocycles. The van der Waals surface area contributed by atoms with E-state index in [1.807, 2.05) is 13.8 Å². The highest BCUT2D eigenvalue weighted by molar-refractivity contribution is 5.80. The lowest BCUT2D eigenvalue weighted by Crippen LogP contribution is -2.05. The van der Waals surface area contributed by atoms with Crippen molar-refractivity contribution in [2.45, 2.75) is 175 Å². The van der Waals surface area contributed by atoms with Crippen LogP contribution in [0, 0.1) is 5.92 Å². The summed E-state index contributed by atoms with van der Waals surface area (Å²) in [5, 5.41) is 0. The molecule has 0 aliphatic carbocycles. The molecule has 1 nitrogen and oxygen atoms in total. The van der Waals surface area contributed by atoms with Gasteiger partial charge in [-0.1, -0.05) is 162 Å². The highest BCUT2D eigenvalue weighted by atomic mass is 16.1. The molecule has 30 heavy (non-hydrogen) atoms. The topological polar surface area (TPSA) is 17.1 Å². The maximum absolute atomic E-state index is 11.6. The standard InChI is InChI=1S/C29H58O/c1-4-5-6-7-8-9-10-11-12-13-14-15-16-17-18-19-20-21-22-23-24-25-26-27-29(30)28(2)3/h28H,4-27H2,1-3H3. The van der Waals surface area contributed by atoms with Crippen molar-refractivity contribution in [2.75, 3.05) is 0 Å². The zero-order valence-electron chi connectivity index (χ0n) is 21.5. The molecule has 0 aliphatic heterocycles. The number of hydrogen-bond acceptors (Lipinski definition) is 1. The van der Waals surface area contributed by atoms with Gasteiger partial charge in [0.05, 0.1) is 0 Å². The maximum atomic E-state index is 11.6. The van der Waals surface area contributed by atoms with Gasteiger partial charge in [0.1, 0.15) is 5.78 Å². The van der Waals surface area contributed by atoms with Gasteiger partial charge in [-0.2, -0.15) is 0 Å². The van der Waals surface area contributed by atoms with Crippen LogP contribution in [-0.2, 0) is 4.79 Å². The molecule has 0 radical (unpaired) electrons. The lowest BCUT2D eigenvalue weighted by Gasteiger charge is -2.05. The van der Waals surface area contributed by atoms with Crippen molar-refractivity contribution >= 4 is 5.78 Å². The number of rotatable bonds is 25. The Morgan fingerprint density at radius 2 is 0.667 bits per heavy atom. The van der Waals surface area contributed by atoms with Crippen molar-refractivity contribution in [1.29, 1.82) is 0 Å². The molecule has 0 bridgehead atoms. The van der Waals surface area contributed by atoms with Crippen LogP contribution in [0.1, 0.15) is 175 Å². The van der Waals surface area contributed by atoms with Crippen LogP contribution in [0.3, 0.4) is 0 Å². The number of ketones is 1. The number of Topliss-reactive ketones (excluding diaryl/α,β-unsaturated/α-hetero) is 1. The van der Waals surface area contributed by atoms with E-state index in [1.165, 1.54) is 141 Å². The van der Waals surface area contributed by atoms with Gasteiger partial charge in [0, 0.05) is 12.3 Å². The molecular formula is C29H58O. The number of carbonyl (C=O) groups excluding carboxylic acids is 1. The summed E-state index contributed by atoms with van der Waals surface area (Å²) < 4.78 is 0. The summed E-state index contributed by atoms with van der Waals surface area (Å²) in [5.74, 6) is 0.670. The average molecular weight is 423 g/mol. The summed E-state index contributed by atoms with van der Waals surface area (Å²) in [6.07, 6.45) is 33.4. The van der Waals surface area contributed by atoms with Crippen molar-refractivity contribution in [2.24, 2.45) is 5.92 Å². The monoisotopic (exact) mass is 422 g/mol. The third kappa shape index (κ3) is 23.9. The lowest BCUT2D eigenvalue weighted by molar-refractivity contribution is -0.122. The van der Waals surface area contributed by atoms with Gasteiger partial charge in [0.2, 0.25) is 0 Å². The van der Waals surface area contributed by atoms with Gasteiger partial charge >= 0.3 is 0 Å². The van der Waals surface area contributed by atoms with E-state index in [0.717, 1.165) is 12.8 Å². The van der Waals surface area contributed by atoms with E-state index in [9.17, 15) is 4.79 Å². The zero-order valence-corrected chi connectivity index (χ0v) is 21.5. The minimum atomic E-state index is 0.227. The van der Waals surface area contributed by atoms with Crippen LogP contribution < -0.4 is 0 Å². The summed E-state index contributed by atoms with van der Waals surface area (Å²) in [7, 11) is 0. The maximum Gasteiger partial charge on any atom is 0.135 e. The molecule has 0 heterocycles. The predicted molar refractivity (Wildman–Crippen MR) is 136 cm³/mol. The third-order valence-electron chi connectivity index (χ3n) is 6.67. The van der Waals surface area contributed by atoms with Crippen LogP contribution in [-0.4, -0.2) is 5.78 Å². The van der Waals surface area contributed by atoms with Gasteiger partial charge in [-0.15, -0.1) is 0 Å². The fourth-order valence-electron chi connectivity index (χ4n) is 4.37. The molecule has 0 atom stereocenters. The first kappa shape index (κ1) is 29.7. The Kier molecular flexibility index (Phi) is 24.7.